The Morgan fingerprint density at radius 3 is 2.93 bits per heavy atom. The zero-order chi connectivity index (χ0) is 10.8. The zero-order valence-corrected chi connectivity index (χ0v) is 8.27. The highest BCUT2D eigenvalue weighted by Crippen LogP contribution is 2.25. The van der Waals surface area contributed by atoms with E-state index in [1.165, 1.54) is 13.4 Å². The number of carbonyl (C=O) groups excluding carboxylic acids is 1. The van der Waals surface area contributed by atoms with Crippen LogP contribution in [0.3, 0.4) is 0 Å². The van der Waals surface area contributed by atoms with Gasteiger partial charge in [-0.05, 0) is 6.07 Å². The maximum atomic E-state index is 11.3. The molecule has 0 spiro atoms. The lowest BCUT2D eigenvalue weighted by Gasteiger charge is -2.06. The van der Waals surface area contributed by atoms with Crippen LogP contribution in [0.15, 0.2) is 34.9 Å². The van der Waals surface area contributed by atoms with Crippen LogP contribution in [0, 0.1) is 0 Å². The Bertz CT molecular complexity index is 489. The van der Waals surface area contributed by atoms with Crippen molar-refractivity contribution >= 4 is 16.9 Å². The maximum absolute atomic E-state index is 11.3. The molecule has 1 aromatic heterocycles. The van der Waals surface area contributed by atoms with Crippen molar-refractivity contribution in [3.63, 3.8) is 0 Å². The summed E-state index contributed by atoms with van der Waals surface area (Å²) >= 11 is 0. The Kier molecular flexibility index (Phi) is 2.43. The molecule has 1 atom stereocenters. The molecule has 0 aliphatic rings. The van der Waals surface area contributed by atoms with Gasteiger partial charge in [0.25, 0.3) is 0 Å². The first-order chi connectivity index (χ1) is 7.24. The second-order valence-corrected chi connectivity index (χ2v) is 3.19. The number of benzene rings is 1. The van der Waals surface area contributed by atoms with Crippen LogP contribution in [0.4, 0.5) is 0 Å². The average Bonchev–Trinajstić information content (AvgIpc) is 2.70. The number of hydrogen-bond acceptors (Lipinski definition) is 4. The van der Waals surface area contributed by atoms with Crippen molar-refractivity contribution in [2.45, 2.75) is 6.04 Å². The van der Waals surface area contributed by atoms with E-state index in [4.69, 9.17) is 10.2 Å². The van der Waals surface area contributed by atoms with Crippen LogP contribution < -0.4 is 5.73 Å². The summed E-state index contributed by atoms with van der Waals surface area (Å²) in [5.41, 5.74) is 7.09. The first-order valence-corrected chi connectivity index (χ1v) is 4.53. The van der Waals surface area contributed by atoms with Gasteiger partial charge in [-0.15, -0.1) is 0 Å². The fourth-order valence-electron chi connectivity index (χ4n) is 1.49. The Balaban J connectivity index is 2.48. The minimum absolute atomic E-state index is 0.471. The van der Waals surface area contributed by atoms with Crippen LogP contribution in [0.5, 0.6) is 0 Å². The highest BCUT2D eigenvalue weighted by Gasteiger charge is 2.20. The van der Waals surface area contributed by atoms with Gasteiger partial charge in [-0.1, -0.05) is 18.2 Å². The van der Waals surface area contributed by atoms with E-state index in [0.29, 0.717) is 11.1 Å². The number of fused-ring (bicyclic) bond motifs is 1. The molecule has 4 heteroatoms. The van der Waals surface area contributed by atoms with Gasteiger partial charge in [0, 0.05) is 10.9 Å². The van der Waals surface area contributed by atoms with Crippen molar-refractivity contribution < 1.29 is 13.9 Å². The van der Waals surface area contributed by atoms with Crippen LogP contribution in [0.25, 0.3) is 11.0 Å². The standard InChI is InChI=1S/C11H11NO3/c1-14-11(13)10(12)8-6-15-9-5-3-2-4-7(8)9/h2-6,10H,12H2,1H3. The van der Waals surface area contributed by atoms with E-state index in [1.54, 1.807) is 0 Å². The molecule has 0 aliphatic heterocycles. The lowest BCUT2D eigenvalue weighted by Crippen LogP contribution is -2.22. The number of methoxy groups -OCH3 is 1. The predicted octanol–water partition coefficient (Wildman–Crippen LogP) is 1.61. The Morgan fingerprint density at radius 1 is 1.47 bits per heavy atom. The second-order valence-electron chi connectivity index (χ2n) is 3.19. The molecular weight excluding hydrogens is 194 g/mol. The van der Waals surface area contributed by atoms with E-state index in [1.807, 2.05) is 24.3 Å². The first kappa shape index (κ1) is 9.73. The summed E-state index contributed by atoms with van der Waals surface area (Å²) in [6.07, 6.45) is 1.49. The van der Waals surface area contributed by atoms with E-state index in [9.17, 15) is 4.79 Å². The quantitative estimate of drug-likeness (QED) is 0.756. The summed E-state index contributed by atoms with van der Waals surface area (Å²) in [7, 11) is 1.31. The number of esters is 1. The molecule has 2 aromatic rings. The summed E-state index contributed by atoms with van der Waals surface area (Å²) in [4.78, 5) is 11.3. The Labute approximate surface area is 86.6 Å². The highest BCUT2D eigenvalue weighted by molar-refractivity contribution is 5.88. The average molecular weight is 205 g/mol. The molecule has 1 aromatic carbocycles. The molecule has 0 bridgehead atoms. The minimum atomic E-state index is -0.793. The summed E-state index contributed by atoms with van der Waals surface area (Å²) in [5, 5.41) is 0.843. The lowest BCUT2D eigenvalue weighted by molar-refractivity contribution is -0.142. The third-order valence-electron chi connectivity index (χ3n) is 2.30. The van der Waals surface area contributed by atoms with E-state index < -0.39 is 12.0 Å². The van der Waals surface area contributed by atoms with Crippen molar-refractivity contribution in [1.82, 2.24) is 0 Å². The number of carbonyl (C=O) groups is 1. The molecule has 0 radical (unpaired) electrons. The minimum Gasteiger partial charge on any atom is -0.468 e. The molecule has 0 saturated carbocycles. The summed E-state index contributed by atoms with van der Waals surface area (Å²) in [5.74, 6) is -0.471. The van der Waals surface area contributed by atoms with E-state index in [0.717, 1.165) is 5.39 Å². The van der Waals surface area contributed by atoms with Crippen molar-refractivity contribution in [2.75, 3.05) is 7.11 Å². The molecule has 1 heterocycles. The van der Waals surface area contributed by atoms with Crippen molar-refractivity contribution in [1.29, 1.82) is 0 Å². The Hall–Kier alpha value is -1.81. The van der Waals surface area contributed by atoms with Gasteiger partial charge in [-0.2, -0.15) is 0 Å². The number of furan rings is 1. The Morgan fingerprint density at radius 2 is 2.20 bits per heavy atom. The SMILES string of the molecule is COC(=O)C(N)c1coc2ccccc12. The third-order valence-corrected chi connectivity index (χ3v) is 2.30. The number of nitrogens with two attached hydrogens (primary N) is 1. The fraction of sp³-hybridized carbons (Fsp3) is 0.182. The maximum Gasteiger partial charge on any atom is 0.327 e. The number of rotatable bonds is 2. The first-order valence-electron chi connectivity index (χ1n) is 4.53. The van der Waals surface area contributed by atoms with E-state index >= 15 is 0 Å². The van der Waals surface area contributed by atoms with Gasteiger partial charge in [-0.25, -0.2) is 0 Å². The second kappa shape index (κ2) is 3.74. The van der Waals surface area contributed by atoms with Gasteiger partial charge in [0.05, 0.1) is 13.4 Å². The topological polar surface area (TPSA) is 65.5 Å². The van der Waals surface area contributed by atoms with Gasteiger partial charge in [0.1, 0.15) is 11.6 Å². The molecule has 15 heavy (non-hydrogen) atoms. The molecule has 4 nitrogen and oxygen atoms in total. The molecule has 2 N–H and O–H groups in total. The van der Waals surface area contributed by atoms with Crippen LogP contribution in [-0.2, 0) is 9.53 Å². The number of hydrogen-bond donors (Lipinski definition) is 1. The highest BCUT2D eigenvalue weighted by atomic mass is 16.5. The van der Waals surface area contributed by atoms with Crippen molar-refractivity contribution in [3.05, 3.63) is 36.1 Å². The predicted molar refractivity (Wildman–Crippen MR) is 55.2 cm³/mol. The number of para-hydroxylation sites is 1. The molecule has 2 rings (SSSR count). The van der Waals surface area contributed by atoms with Crippen molar-refractivity contribution in [2.24, 2.45) is 5.73 Å². The molecule has 78 valence electrons. The van der Waals surface area contributed by atoms with Gasteiger partial charge in [-0.3, -0.25) is 4.79 Å². The summed E-state index contributed by atoms with van der Waals surface area (Å²) in [6, 6.07) is 6.61. The van der Waals surface area contributed by atoms with E-state index in [2.05, 4.69) is 4.74 Å². The molecule has 1 unspecified atom stereocenters. The normalized spacial score (nSPS) is 12.7. The van der Waals surface area contributed by atoms with E-state index in [-0.39, 0.29) is 0 Å². The van der Waals surface area contributed by atoms with Crippen LogP contribution >= 0.6 is 0 Å². The van der Waals surface area contributed by atoms with Gasteiger partial charge >= 0.3 is 5.97 Å². The monoisotopic (exact) mass is 205 g/mol. The van der Waals surface area contributed by atoms with Crippen LogP contribution in [0.1, 0.15) is 11.6 Å². The fourth-order valence-corrected chi connectivity index (χ4v) is 1.49. The van der Waals surface area contributed by atoms with Crippen LogP contribution in [0.2, 0.25) is 0 Å². The summed E-state index contributed by atoms with van der Waals surface area (Å²) in [6.45, 7) is 0. The smallest absolute Gasteiger partial charge is 0.327 e. The van der Waals surface area contributed by atoms with Gasteiger partial charge in [0.15, 0.2) is 0 Å². The number of ether oxygens (including phenoxy) is 1. The molecular formula is C11H11NO3. The van der Waals surface area contributed by atoms with Gasteiger partial charge < -0.3 is 14.9 Å². The largest absolute Gasteiger partial charge is 0.468 e. The van der Waals surface area contributed by atoms with Crippen molar-refractivity contribution in [3.8, 4) is 0 Å². The molecule has 0 saturated heterocycles. The lowest BCUT2D eigenvalue weighted by atomic mass is 10.1. The molecule has 0 amide bonds. The zero-order valence-electron chi connectivity index (χ0n) is 8.27. The molecule has 0 fully saturated rings. The third kappa shape index (κ3) is 1.59. The summed E-state index contributed by atoms with van der Waals surface area (Å²) < 4.78 is 9.86. The van der Waals surface area contributed by atoms with Crippen LogP contribution in [-0.4, -0.2) is 13.1 Å². The van der Waals surface area contributed by atoms with Gasteiger partial charge in [0.2, 0.25) is 0 Å². The molecule has 0 aliphatic carbocycles.